The summed E-state index contributed by atoms with van der Waals surface area (Å²) in [5.41, 5.74) is 2.30. The molecule has 1 N–H and O–H groups in total. The van der Waals surface area contributed by atoms with E-state index in [1.165, 1.54) is 0 Å². The zero-order valence-electron chi connectivity index (χ0n) is 17.0. The van der Waals surface area contributed by atoms with Crippen LogP contribution in [0.15, 0.2) is 60.3 Å². The summed E-state index contributed by atoms with van der Waals surface area (Å²) in [4.78, 5) is 11.6. The van der Waals surface area contributed by atoms with Gasteiger partial charge in [0, 0.05) is 11.6 Å². The first-order valence-corrected chi connectivity index (χ1v) is 9.41. The summed E-state index contributed by atoms with van der Waals surface area (Å²) >= 11 is 0. The van der Waals surface area contributed by atoms with E-state index in [0.717, 1.165) is 42.6 Å². The van der Waals surface area contributed by atoms with Crippen molar-refractivity contribution in [3.63, 3.8) is 0 Å². The van der Waals surface area contributed by atoms with Gasteiger partial charge in [-0.1, -0.05) is 25.3 Å². The first-order chi connectivity index (χ1) is 12.9. The molecule has 0 aromatic heterocycles. The fourth-order valence-electron chi connectivity index (χ4n) is 3.02. The van der Waals surface area contributed by atoms with Crippen LogP contribution in [-0.4, -0.2) is 25.9 Å². The number of hydrogen-bond acceptors (Lipinski definition) is 4. The fourth-order valence-corrected chi connectivity index (χ4v) is 3.02. The van der Waals surface area contributed by atoms with Crippen LogP contribution in [0.5, 0.6) is 0 Å². The van der Waals surface area contributed by atoms with Crippen molar-refractivity contribution in [3.05, 3.63) is 60.3 Å². The zero-order chi connectivity index (χ0) is 20.2. The van der Waals surface area contributed by atoms with E-state index in [1.54, 1.807) is 20.3 Å². The smallest absolute Gasteiger partial charge is 0.411 e. The topological polar surface area (TPSA) is 56.8 Å². The third kappa shape index (κ3) is 8.20. The van der Waals surface area contributed by atoms with Crippen LogP contribution in [-0.2, 0) is 14.2 Å². The highest BCUT2D eigenvalue weighted by atomic mass is 16.5. The van der Waals surface area contributed by atoms with Crippen LogP contribution in [0.3, 0.4) is 0 Å². The number of allylic oxidation sites excluding steroid dienone is 6. The summed E-state index contributed by atoms with van der Waals surface area (Å²) in [7, 11) is 1.67. The van der Waals surface area contributed by atoms with E-state index in [-0.39, 0.29) is 6.10 Å². The highest BCUT2D eigenvalue weighted by Gasteiger charge is 2.24. The molecule has 1 aliphatic carbocycles. The molecule has 1 aliphatic rings. The fraction of sp³-hybridized carbons (Fsp3) is 0.500. The molecule has 0 spiro atoms. The van der Waals surface area contributed by atoms with Gasteiger partial charge in [0.2, 0.25) is 0 Å². The number of carbonyl (C=O) groups excluding carboxylic acids is 1. The van der Waals surface area contributed by atoms with Gasteiger partial charge in [-0.25, -0.2) is 4.79 Å². The number of alkyl carbamates (subject to hydrolysis) is 1. The highest BCUT2D eigenvalue weighted by molar-refractivity contribution is 5.71. The van der Waals surface area contributed by atoms with E-state index >= 15 is 0 Å². The molecule has 5 heteroatoms. The second-order valence-electron chi connectivity index (χ2n) is 6.66. The Kier molecular flexibility index (Phi) is 10.1. The monoisotopic (exact) mass is 375 g/mol. The van der Waals surface area contributed by atoms with Crippen molar-refractivity contribution in [1.82, 2.24) is 5.32 Å². The van der Waals surface area contributed by atoms with Gasteiger partial charge in [-0.05, 0) is 63.7 Å². The first-order valence-electron chi connectivity index (χ1n) is 9.41. The van der Waals surface area contributed by atoms with Crippen LogP contribution in [0.2, 0.25) is 0 Å². The molecular weight excluding hydrogens is 342 g/mol. The number of methoxy groups -OCH3 is 1. The van der Waals surface area contributed by atoms with Crippen molar-refractivity contribution in [1.29, 1.82) is 0 Å². The van der Waals surface area contributed by atoms with Crippen molar-refractivity contribution in [2.45, 2.75) is 52.6 Å². The number of amides is 1. The molecule has 2 atom stereocenters. The zero-order valence-corrected chi connectivity index (χ0v) is 17.0. The quantitative estimate of drug-likeness (QED) is 0.434. The lowest BCUT2D eigenvalue weighted by Crippen LogP contribution is -2.25. The lowest BCUT2D eigenvalue weighted by molar-refractivity contribution is 0.0744. The molecule has 0 heterocycles. The summed E-state index contributed by atoms with van der Waals surface area (Å²) in [6.45, 7) is 13.7. The van der Waals surface area contributed by atoms with E-state index in [0.29, 0.717) is 18.2 Å². The van der Waals surface area contributed by atoms with Gasteiger partial charge >= 0.3 is 6.09 Å². The Bertz CT molecular complexity index is 616. The van der Waals surface area contributed by atoms with Gasteiger partial charge in [-0.3, -0.25) is 5.32 Å². The van der Waals surface area contributed by atoms with Crippen LogP contribution in [0.4, 0.5) is 4.79 Å². The van der Waals surface area contributed by atoms with Crippen molar-refractivity contribution in [2.75, 3.05) is 13.7 Å². The number of carbonyl (C=O) groups is 1. The first kappa shape index (κ1) is 22.6. The van der Waals surface area contributed by atoms with Crippen LogP contribution in [0.1, 0.15) is 46.5 Å². The highest BCUT2D eigenvalue weighted by Crippen LogP contribution is 2.31. The largest absolute Gasteiger partial charge is 0.501 e. The maximum atomic E-state index is 11.6. The Morgan fingerprint density at radius 3 is 2.59 bits per heavy atom. The van der Waals surface area contributed by atoms with E-state index in [2.05, 4.69) is 18.5 Å². The van der Waals surface area contributed by atoms with Crippen molar-refractivity contribution in [2.24, 2.45) is 5.92 Å². The SMILES string of the molecule is C=C(C)/C(NC(=O)OCC)=C(C)/C=C/C=C/OC1CCCC(C(=C)OC)C1. The molecule has 0 bridgehead atoms. The maximum Gasteiger partial charge on any atom is 0.411 e. The van der Waals surface area contributed by atoms with Crippen molar-refractivity contribution < 1.29 is 19.0 Å². The second-order valence-corrected chi connectivity index (χ2v) is 6.66. The molecule has 1 rings (SSSR count). The van der Waals surface area contributed by atoms with Gasteiger partial charge in [0.25, 0.3) is 0 Å². The molecule has 0 aromatic rings. The van der Waals surface area contributed by atoms with Crippen LogP contribution < -0.4 is 5.32 Å². The van der Waals surface area contributed by atoms with Crippen molar-refractivity contribution >= 4 is 6.09 Å². The van der Waals surface area contributed by atoms with Gasteiger partial charge in [-0.15, -0.1) is 0 Å². The Morgan fingerprint density at radius 2 is 1.96 bits per heavy atom. The van der Waals surface area contributed by atoms with Crippen molar-refractivity contribution in [3.8, 4) is 0 Å². The minimum absolute atomic E-state index is 0.188. The van der Waals surface area contributed by atoms with Gasteiger partial charge in [-0.2, -0.15) is 0 Å². The van der Waals surface area contributed by atoms with E-state index < -0.39 is 6.09 Å². The van der Waals surface area contributed by atoms with Crippen LogP contribution >= 0.6 is 0 Å². The molecule has 2 unspecified atom stereocenters. The van der Waals surface area contributed by atoms with Gasteiger partial charge in [0.15, 0.2) is 0 Å². The Hall–Kier alpha value is -2.43. The molecule has 150 valence electrons. The molecule has 0 saturated heterocycles. The molecule has 0 radical (unpaired) electrons. The molecule has 27 heavy (non-hydrogen) atoms. The third-order valence-corrected chi connectivity index (χ3v) is 4.47. The predicted octanol–water partition coefficient (Wildman–Crippen LogP) is 5.39. The van der Waals surface area contributed by atoms with E-state index in [4.69, 9.17) is 14.2 Å². The van der Waals surface area contributed by atoms with Crippen LogP contribution in [0, 0.1) is 5.92 Å². The van der Waals surface area contributed by atoms with E-state index in [9.17, 15) is 4.79 Å². The minimum atomic E-state index is -0.480. The lowest BCUT2D eigenvalue weighted by Gasteiger charge is -2.29. The average molecular weight is 376 g/mol. The summed E-state index contributed by atoms with van der Waals surface area (Å²) in [6.07, 6.45) is 11.2. The molecule has 1 fully saturated rings. The maximum absolute atomic E-state index is 11.6. The van der Waals surface area contributed by atoms with Gasteiger partial charge in [0.1, 0.15) is 0 Å². The molecule has 5 nitrogen and oxygen atoms in total. The number of hydrogen-bond donors (Lipinski definition) is 1. The lowest BCUT2D eigenvalue weighted by atomic mass is 9.86. The van der Waals surface area contributed by atoms with Crippen LogP contribution in [0.25, 0.3) is 0 Å². The predicted molar refractivity (Wildman–Crippen MR) is 109 cm³/mol. The molecule has 1 amide bonds. The summed E-state index contributed by atoms with van der Waals surface area (Å²) in [6, 6.07) is 0. The number of rotatable bonds is 9. The normalized spacial score (nSPS) is 20.9. The average Bonchev–Trinajstić information content (AvgIpc) is 2.65. The summed E-state index contributed by atoms with van der Waals surface area (Å²) in [5, 5.41) is 2.72. The molecule has 0 aromatic carbocycles. The third-order valence-electron chi connectivity index (χ3n) is 4.47. The van der Waals surface area contributed by atoms with Gasteiger partial charge in [0.05, 0.1) is 31.8 Å². The minimum Gasteiger partial charge on any atom is -0.501 e. The summed E-state index contributed by atoms with van der Waals surface area (Å²) in [5.74, 6) is 1.21. The molecule has 1 saturated carbocycles. The second kappa shape index (κ2) is 12.0. The number of nitrogens with one attached hydrogen (secondary N) is 1. The summed E-state index contributed by atoms with van der Waals surface area (Å²) < 4.78 is 16.0. The Balaban J connectivity index is 2.58. The van der Waals surface area contributed by atoms with Gasteiger partial charge < -0.3 is 14.2 Å². The molecule has 0 aliphatic heterocycles. The Morgan fingerprint density at radius 1 is 1.22 bits per heavy atom. The number of ether oxygens (including phenoxy) is 3. The molecular formula is C22H33NO4. The van der Waals surface area contributed by atoms with E-state index in [1.807, 2.05) is 32.1 Å². The standard InChI is InChI=1S/C22H33NO4/c1-7-26-22(24)23-21(16(2)3)17(4)11-8-9-14-27-20-13-10-12-19(15-20)18(5)25-6/h8-9,11,14,19-20H,2,5,7,10,12-13,15H2,1,3-4,6H3,(H,23,24)/b11-8+,14-9+,21-17-. The Labute approximate surface area is 163 Å².